The molecule has 8 nitrogen and oxygen atoms in total. The predicted octanol–water partition coefficient (Wildman–Crippen LogP) is 4.13. The van der Waals surface area contributed by atoms with Crippen molar-refractivity contribution in [3.05, 3.63) is 69.3 Å². The normalized spacial score (nSPS) is 14.8. The fourth-order valence-corrected chi connectivity index (χ4v) is 4.82. The third-order valence-corrected chi connectivity index (χ3v) is 6.86. The Morgan fingerprint density at radius 3 is 2.65 bits per heavy atom. The van der Waals surface area contributed by atoms with E-state index in [2.05, 4.69) is 36.0 Å². The first-order valence-electron chi connectivity index (χ1n) is 11.0. The van der Waals surface area contributed by atoms with Gasteiger partial charge in [0.25, 0.3) is 5.91 Å². The van der Waals surface area contributed by atoms with E-state index in [0.29, 0.717) is 49.1 Å². The zero-order valence-electron chi connectivity index (χ0n) is 18.5. The molecule has 0 aliphatic carbocycles. The van der Waals surface area contributed by atoms with Gasteiger partial charge in [-0.2, -0.15) is 10.2 Å². The van der Waals surface area contributed by atoms with Crippen molar-refractivity contribution in [1.82, 2.24) is 34.2 Å². The van der Waals surface area contributed by atoms with Crippen molar-refractivity contribution in [2.24, 2.45) is 0 Å². The number of amides is 1. The summed E-state index contributed by atoms with van der Waals surface area (Å²) in [7, 11) is 0. The van der Waals surface area contributed by atoms with Crippen LogP contribution in [-0.2, 0) is 13.1 Å². The van der Waals surface area contributed by atoms with Gasteiger partial charge in [-0.05, 0) is 46.6 Å². The largest absolute Gasteiger partial charge is 0.335 e. The van der Waals surface area contributed by atoms with E-state index in [4.69, 9.17) is 11.6 Å². The molecule has 1 amide bonds. The van der Waals surface area contributed by atoms with E-state index in [0.717, 1.165) is 28.0 Å². The lowest BCUT2D eigenvalue weighted by Crippen LogP contribution is -2.48. The molecule has 0 radical (unpaired) electrons. The van der Waals surface area contributed by atoms with Crippen molar-refractivity contribution in [3.8, 4) is 11.4 Å². The second kappa shape index (κ2) is 9.44. The highest BCUT2D eigenvalue weighted by molar-refractivity contribution is 9.10. The molecule has 4 heterocycles. The number of piperazine rings is 1. The molecule has 4 aromatic rings. The molecule has 1 fully saturated rings. The van der Waals surface area contributed by atoms with Gasteiger partial charge in [-0.1, -0.05) is 17.7 Å². The topological polar surface area (TPSA) is 71.6 Å². The number of halogens is 3. The maximum Gasteiger partial charge on any atom is 0.274 e. The van der Waals surface area contributed by atoms with Gasteiger partial charge in [0, 0.05) is 62.8 Å². The van der Waals surface area contributed by atoms with E-state index in [1.807, 2.05) is 23.9 Å². The molecular weight excluding hydrogens is 525 g/mol. The quantitative estimate of drug-likeness (QED) is 0.377. The van der Waals surface area contributed by atoms with Gasteiger partial charge in [0.15, 0.2) is 11.3 Å². The van der Waals surface area contributed by atoms with Gasteiger partial charge < -0.3 is 4.90 Å². The lowest BCUT2D eigenvalue weighted by atomic mass is 10.2. The molecule has 1 aromatic carbocycles. The maximum absolute atomic E-state index is 13.3. The molecule has 5 rings (SSSR count). The van der Waals surface area contributed by atoms with Crippen molar-refractivity contribution < 1.29 is 9.18 Å². The monoisotopic (exact) mass is 545 g/mol. The van der Waals surface area contributed by atoms with Crippen LogP contribution in [-0.4, -0.2) is 66.3 Å². The number of aryl methyl sites for hydroxylation is 1. The van der Waals surface area contributed by atoms with Crippen LogP contribution in [0.2, 0.25) is 5.02 Å². The lowest BCUT2D eigenvalue weighted by Gasteiger charge is -2.34. The zero-order chi connectivity index (χ0) is 23.8. The van der Waals surface area contributed by atoms with Crippen molar-refractivity contribution >= 4 is 39.1 Å². The first kappa shape index (κ1) is 22.9. The van der Waals surface area contributed by atoms with Gasteiger partial charge in [0.05, 0.1) is 10.2 Å². The van der Waals surface area contributed by atoms with Crippen LogP contribution in [0.4, 0.5) is 4.39 Å². The Bertz CT molecular complexity index is 1360. The lowest BCUT2D eigenvalue weighted by molar-refractivity contribution is 0.0622. The van der Waals surface area contributed by atoms with E-state index >= 15 is 0 Å². The number of rotatable bonds is 5. The van der Waals surface area contributed by atoms with Crippen molar-refractivity contribution in [2.45, 2.75) is 20.0 Å². The van der Waals surface area contributed by atoms with Crippen molar-refractivity contribution in [2.75, 3.05) is 26.2 Å². The average Bonchev–Trinajstić information content (AvgIpc) is 3.44. The molecule has 3 aromatic heterocycles. The highest BCUT2D eigenvalue weighted by atomic mass is 79.9. The molecule has 1 saturated heterocycles. The van der Waals surface area contributed by atoms with Gasteiger partial charge in [0.2, 0.25) is 0 Å². The average molecular weight is 547 g/mol. The van der Waals surface area contributed by atoms with E-state index in [-0.39, 0.29) is 11.7 Å². The van der Waals surface area contributed by atoms with Crippen molar-refractivity contribution in [1.29, 1.82) is 0 Å². The Kier molecular flexibility index (Phi) is 6.37. The fourth-order valence-electron chi connectivity index (χ4n) is 4.07. The predicted molar refractivity (Wildman–Crippen MR) is 130 cm³/mol. The molecule has 0 N–H and O–H groups in total. The smallest absolute Gasteiger partial charge is 0.274 e. The number of hydrogen-bond donors (Lipinski definition) is 0. The number of aromatic nitrogens is 5. The van der Waals surface area contributed by atoms with E-state index in [1.165, 1.54) is 12.1 Å². The Labute approximate surface area is 209 Å². The van der Waals surface area contributed by atoms with Crippen LogP contribution in [0.3, 0.4) is 0 Å². The number of nitrogens with zero attached hydrogens (tertiary/aromatic N) is 7. The van der Waals surface area contributed by atoms with Crippen LogP contribution in [0.15, 0.2) is 47.2 Å². The second-order valence-electron chi connectivity index (χ2n) is 8.12. The van der Waals surface area contributed by atoms with Crippen molar-refractivity contribution in [3.63, 3.8) is 0 Å². The molecule has 0 spiro atoms. The van der Waals surface area contributed by atoms with Crippen LogP contribution in [0.5, 0.6) is 0 Å². The summed E-state index contributed by atoms with van der Waals surface area (Å²) in [5, 5.41) is 9.59. The highest BCUT2D eigenvalue weighted by Crippen LogP contribution is 2.27. The Hall–Kier alpha value is -2.82. The van der Waals surface area contributed by atoms with E-state index < -0.39 is 0 Å². The summed E-state index contributed by atoms with van der Waals surface area (Å²) < 4.78 is 17.6. The standard InChI is InChI=1S/C23H22BrClFN7O/c1-2-32-14-17(24)22(29-32)20-5-6-27-21-12-19(28-33(20)21)23(34)31-9-7-30(8-10-31)13-15-3-4-16(26)11-18(15)25/h3-6,11-12,14H,2,7-10,13H2,1H3. The number of carbonyl (C=O) groups is 1. The molecule has 0 bridgehead atoms. The first-order chi connectivity index (χ1) is 16.4. The van der Waals surface area contributed by atoms with Crippen LogP contribution in [0.1, 0.15) is 23.0 Å². The minimum atomic E-state index is -0.347. The van der Waals surface area contributed by atoms with Gasteiger partial charge in [-0.25, -0.2) is 13.9 Å². The molecule has 0 atom stereocenters. The van der Waals surface area contributed by atoms with Gasteiger partial charge in [-0.3, -0.25) is 14.4 Å². The molecular formula is C23H22BrClFN7O. The first-order valence-corrected chi connectivity index (χ1v) is 12.1. The SMILES string of the molecule is CCn1cc(Br)c(-c2ccnc3cc(C(=O)N4CCN(Cc5ccc(F)cc5Cl)CC4)nn23)n1. The summed E-state index contributed by atoms with van der Waals surface area (Å²) in [4.78, 5) is 21.6. The summed E-state index contributed by atoms with van der Waals surface area (Å²) in [6, 6.07) is 7.99. The maximum atomic E-state index is 13.3. The molecule has 1 aliphatic rings. The Morgan fingerprint density at radius 2 is 1.94 bits per heavy atom. The Morgan fingerprint density at radius 1 is 1.15 bits per heavy atom. The molecule has 176 valence electrons. The molecule has 34 heavy (non-hydrogen) atoms. The van der Waals surface area contributed by atoms with E-state index in [9.17, 15) is 9.18 Å². The number of carbonyl (C=O) groups excluding carboxylic acids is 1. The second-order valence-corrected chi connectivity index (χ2v) is 9.38. The third-order valence-electron chi connectivity index (χ3n) is 5.93. The molecule has 11 heteroatoms. The fraction of sp³-hybridized carbons (Fsp3) is 0.304. The van der Waals surface area contributed by atoms with E-state index in [1.54, 1.807) is 27.7 Å². The van der Waals surface area contributed by atoms with Gasteiger partial charge in [0.1, 0.15) is 11.5 Å². The summed E-state index contributed by atoms with van der Waals surface area (Å²) in [5.41, 5.74) is 3.30. The summed E-state index contributed by atoms with van der Waals surface area (Å²) >= 11 is 9.73. The van der Waals surface area contributed by atoms with Crippen LogP contribution >= 0.6 is 27.5 Å². The molecule has 1 aliphatic heterocycles. The van der Waals surface area contributed by atoms with Crippen LogP contribution < -0.4 is 0 Å². The highest BCUT2D eigenvalue weighted by Gasteiger charge is 2.25. The summed E-state index contributed by atoms with van der Waals surface area (Å²) in [5.74, 6) is -0.477. The number of fused-ring (bicyclic) bond motifs is 1. The minimum absolute atomic E-state index is 0.130. The molecule has 0 unspecified atom stereocenters. The number of hydrogen-bond acceptors (Lipinski definition) is 5. The third kappa shape index (κ3) is 4.45. The van der Waals surface area contributed by atoms with Crippen LogP contribution in [0.25, 0.3) is 17.0 Å². The summed E-state index contributed by atoms with van der Waals surface area (Å²) in [6.45, 7) is 5.90. The zero-order valence-corrected chi connectivity index (χ0v) is 20.8. The van der Waals surface area contributed by atoms with Crippen LogP contribution in [0, 0.1) is 5.82 Å². The summed E-state index contributed by atoms with van der Waals surface area (Å²) in [6.07, 6.45) is 3.60. The Balaban J connectivity index is 1.31. The van der Waals surface area contributed by atoms with Gasteiger partial charge in [-0.15, -0.1) is 0 Å². The van der Waals surface area contributed by atoms with Gasteiger partial charge >= 0.3 is 0 Å². The minimum Gasteiger partial charge on any atom is -0.335 e. The number of benzene rings is 1. The molecule has 0 saturated carbocycles.